The van der Waals surface area contributed by atoms with Gasteiger partial charge in [0, 0.05) is 4.47 Å². The number of halogens is 4. The van der Waals surface area contributed by atoms with Crippen molar-refractivity contribution in [2.45, 2.75) is 6.18 Å². The fraction of sp³-hybridized carbons (Fsp3) is 0.111. The molecule has 0 aromatic heterocycles. The fourth-order valence-corrected chi connectivity index (χ4v) is 1.58. The van der Waals surface area contributed by atoms with Crippen LogP contribution in [-0.4, -0.2) is 11.1 Å². The van der Waals surface area contributed by atoms with Crippen LogP contribution in [0.5, 0.6) is 0 Å². The molecular weight excluding hydrogens is 291 g/mol. The SMILES string of the molecule is N#Cc1cc(C(=O)O)cc(C(F)(F)F)c1Br. The van der Waals surface area contributed by atoms with Crippen LogP contribution in [0.4, 0.5) is 13.2 Å². The normalized spacial score (nSPS) is 10.9. The van der Waals surface area contributed by atoms with E-state index in [4.69, 9.17) is 10.4 Å². The fourth-order valence-electron chi connectivity index (χ4n) is 1.04. The summed E-state index contributed by atoms with van der Waals surface area (Å²) in [6, 6.07) is 2.85. The number of carboxylic acid groups (broad SMARTS) is 1. The van der Waals surface area contributed by atoms with Gasteiger partial charge in [0.05, 0.1) is 16.7 Å². The Bertz CT molecular complexity index is 491. The molecule has 0 aliphatic carbocycles. The quantitative estimate of drug-likeness (QED) is 0.866. The maximum absolute atomic E-state index is 12.5. The summed E-state index contributed by atoms with van der Waals surface area (Å²) < 4.78 is 37.0. The number of hydrogen-bond donors (Lipinski definition) is 1. The predicted octanol–water partition coefficient (Wildman–Crippen LogP) is 3.04. The molecule has 84 valence electrons. The van der Waals surface area contributed by atoms with E-state index in [1.54, 1.807) is 0 Å². The van der Waals surface area contributed by atoms with Gasteiger partial charge in [-0.05, 0) is 28.1 Å². The largest absolute Gasteiger partial charge is 0.478 e. The topological polar surface area (TPSA) is 61.1 Å². The molecule has 1 N–H and O–H groups in total. The molecule has 3 nitrogen and oxygen atoms in total. The zero-order valence-corrected chi connectivity index (χ0v) is 9.06. The van der Waals surface area contributed by atoms with Crippen LogP contribution < -0.4 is 0 Å². The number of rotatable bonds is 1. The molecule has 0 radical (unpaired) electrons. The van der Waals surface area contributed by atoms with Crippen molar-refractivity contribution >= 4 is 21.9 Å². The molecule has 0 saturated heterocycles. The molecule has 0 spiro atoms. The van der Waals surface area contributed by atoms with E-state index >= 15 is 0 Å². The van der Waals surface area contributed by atoms with Crippen LogP contribution in [-0.2, 0) is 6.18 Å². The van der Waals surface area contributed by atoms with Gasteiger partial charge in [-0.2, -0.15) is 18.4 Å². The van der Waals surface area contributed by atoms with Gasteiger partial charge in [-0.15, -0.1) is 0 Å². The monoisotopic (exact) mass is 293 g/mol. The number of aromatic carboxylic acids is 1. The number of hydrogen-bond acceptors (Lipinski definition) is 2. The lowest BCUT2D eigenvalue weighted by atomic mass is 10.1. The Labute approximate surface area is 96.2 Å². The Morgan fingerprint density at radius 1 is 1.44 bits per heavy atom. The summed E-state index contributed by atoms with van der Waals surface area (Å²) in [5, 5.41) is 17.2. The molecule has 0 atom stereocenters. The lowest BCUT2D eigenvalue weighted by Crippen LogP contribution is -2.10. The first kappa shape index (κ1) is 12.5. The molecule has 0 fully saturated rings. The van der Waals surface area contributed by atoms with Gasteiger partial charge in [-0.1, -0.05) is 0 Å². The van der Waals surface area contributed by atoms with Gasteiger partial charge in [0.25, 0.3) is 0 Å². The summed E-state index contributed by atoms with van der Waals surface area (Å²) in [6.07, 6.45) is -4.71. The Morgan fingerprint density at radius 3 is 2.38 bits per heavy atom. The molecule has 1 rings (SSSR count). The predicted molar refractivity (Wildman–Crippen MR) is 50.8 cm³/mol. The first-order valence-corrected chi connectivity index (χ1v) is 4.60. The Morgan fingerprint density at radius 2 is 2.00 bits per heavy atom. The Kier molecular flexibility index (Phi) is 3.24. The second kappa shape index (κ2) is 4.14. The van der Waals surface area contributed by atoms with Crippen molar-refractivity contribution < 1.29 is 23.1 Å². The van der Waals surface area contributed by atoms with Gasteiger partial charge < -0.3 is 5.11 Å². The molecule has 1 aromatic carbocycles. The van der Waals surface area contributed by atoms with Gasteiger partial charge in [-0.25, -0.2) is 4.79 Å². The van der Waals surface area contributed by atoms with Crippen LogP contribution in [0.25, 0.3) is 0 Å². The summed E-state index contributed by atoms with van der Waals surface area (Å²) in [5.74, 6) is -1.52. The zero-order valence-electron chi connectivity index (χ0n) is 7.47. The van der Waals surface area contributed by atoms with Crippen molar-refractivity contribution in [1.29, 1.82) is 5.26 Å². The molecule has 0 heterocycles. The highest BCUT2D eigenvalue weighted by atomic mass is 79.9. The van der Waals surface area contributed by atoms with E-state index in [1.807, 2.05) is 0 Å². The molecule has 16 heavy (non-hydrogen) atoms. The van der Waals surface area contributed by atoms with Crippen molar-refractivity contribution in [3.63, 3.8) is 0 Å². The number of nitrogens with zero attached hydrogens (tertiary/aromatic N) is 1. The lowest BCUT2D eigenvalue weighted by Gasteiger charge is -2.10. The third-order valence-corrected chi connectivity index (χ3v) is 2.60. The highest BCUT2D eigenvalue weighted by Gasteiger charge is 2.35. The van der Waals surface area contributed by atoms with Crippen LogP contribution in [0, 0.1) is 11.3 Å². The van der Waals surface area contributed by atoms with Crippen molar-refractivity contribution in [2.75, 3.05) is 0 Å². The number of nitriles is 1. The molecular formula is C9H3BrF3NO2. The van der Waals surface area contributed by atoms with Crippen molar-refractivity contribution in [3.8, 4) is 6.07 Å². The van der Waals surface area contributed by atoms with E-state index in [-0.39, 0.29) is 5.56 Å². The summed E-state index contributed by atoms with van der Waals surface area (Å²) in [7, 11) is 0. The lowest BCUT2D eigenvalue weighted by molar-refractivity contribution is -0.138. The molecule has 0 aliphatic heterocycles. The van der Waals surface area contributed by atoms with Crippen LogP contribution >= 0.6 is 15.9 Å². The highest BCUT2D eigenvalue weighted by molar-refractivity contribution is 9.10. The number of benzene rings is 1. The first-order valence-electron chi connectivity index (χ1n) is 3.81. The van der Waals surface area contributed by atoms with Crippen molar-refractivity contribution in [3.05, 3.63) is 33.3 Å². The van der Waals surface area contributed by atoms with Crippen molar-refractivity contribution in [1.82, 2.24) is 0 Å². The minimum absolute atomic E-state index is 0.368. The average Bonchev–Trinajstić information content (AvgIpc) is 2.15. The number of alkyl halides is 3. The zero-order chi connectivity index (χ0) is 12.5. The van der Waals surface area contributed by atoms with E-state index in [9.17, 15) is 18.0 Å². The van der Waals surface area contributed by atoms with E-state index < -0.39 is 27.7 Å². The number of carboxylic acids is 1. The first-order chi connectivity index (χ1) is 7.27. The smallest absolute Gasteiger partial charge is 0.417 e. The van der Waals surface area contributed by atoms with Gasteiger partial charge in [-0.3, -0.25) is 0 Å². The summed E-state index contributed by atoms with van der Waals surface area (Å²) in [4.78, 5) is 10.6. The molecule has 0 bridgehead atoms. The average molecular weight is 294 g/mol. The van der Waals surface area contributed by atoms with Crippen LogP contribution in [0.3, 0.4) is 0 Å². The van der Waals surface area contributed by atoms with Crippen LogP contribution in [0.2, 0.25) is 0 Å². The standard InChI is InChI=1S/C9H3BrF3NO2/c10-7-5(3-14)1-4(8(15)16)2-6(7)9(11,12)13/h1-2H,(H,15,16). The van der Waals surface area contributed by atoms with E-state index in [0.29, 0.717) is 6.07 Å². The van der Waals surface area contributed by atoms with Gasteiger partial charge in [0.15, 0.2) is 0 Å². The summed E-state index contributed by atoms with van der Waals surface area (Å²) >= 11 is 2.63. The van der Waals surface area contributed by atoms with E-state index in [0.717, 1.165) is 6.07 Å². The van der Waals surface area contributed by atoms with E-state index in [1.165, 1.54) is 6.07 Å². The number of carbonyl (C=O) groups is 1. The van der Waals surface area contributed by atoms with Gasteiger partial charge >= 0.3 is 12.1 Å². The molecule has 0 saturated carbocycles. The maximum atomic E-state index is 12.5. The van der Waals surface area contributed by atoms with Gasteiger partial charge in [0.1, 0.15) is 6.07 Å². The molecule has 0 unspecified atom stereocenters. The molecule has 7 heteroatoms. The Balaban J connectivity index is 3.56. The minimum Gasteiger partial charge on any atom is -0.478 e. The third kappa shape index (κ3) is 2.33. The van der Waals surface area contributed by atoms with Crippen LogP contribution in [0.1, 0.15) is 21.5 Å². The second-order valence-corrected chi connectivity index (χ2v) is 3.59. The Hall–Kier alpha value is -1.55. The molecule has 0 aliphatic rings. The second-order valence-electron chi connectivity index (χ2n) is 2.80. The summed E-state index contributed by atoms with van der Waals surface area (Å²) in [6.45, 7) is 0. The van der Waals surface area contributed by atoms with E-state index in [2.05, 4.69) is 15.9 Å². The summed E-state index contributed by atoms with van der Waals surface area (Å²) in [5.41, 5.74) is -2.12. The molecule has 1 aromatic rings. The highest BCUT2D eigenvalue weighted by Crippen LogP contribution is 2.37. The maximum Gasteiger partial charge on any atom is 0.417 e. The third-order valence-electron chi connectivity index (χ3n) is 1.75. The van der Waals surface area contributed by atoms with Crippen molar-refractivity contribution in [2.24, 2.45) is 0 Å². The van der Waals surface area contributed by atoms with Gasteiger partial charge in [0.2, 0.25) is 0 Å². The molecule has 0 amide bonds. The van der Waals surface area contributed by atoms with Crippen LogP contribution in [0.15, 0.2) is 16.6 Å². The minimum atomic E-state index is -4.71.